The van der Waals surface area contributed by atoms with E-state index in [2.05, 4.69) is 48.6 Å². The first kappa shape index (κ1) is 26.4. The van der Waals surface area contributed by atoms with Gasteiger partial charge >= 0.3 is 12.1 Å². The number of rotatable bonds is 5. The monoisotopic (exact) mass is 607 g/mol. The third-order valence-corrected chi connectivity index (χ3v) is 8.82. The number of fused-ring (bicyclic) bond motifs is 2. The summed E-state index contributed by atoms with van der Waals surface area (Å²) in [6, 6.07) is 13.4. The molecule has 9 nitrogen and oxygen atoms in total. The number of H-pyrrole nitrogens is 1. The largest absolute Gasteiger partial charge is 0.520 e. The fourth-order valence-corrected chi connectivity index (χ4v) is 6.73. The van der Waals surface area contributed by atoms with Gasteiger partial charge in [-0.1, -0.05) is 24.3 Å². The van der Waals surface area contributed by atoms with Crippen molar-refractivity contribution in [1.82, 2.24) is 24.6 Å². The number of likely N-dealkylation sites (tertiary alicyclic amines) is 1. The van der Waals surface area contributed by atoms with E-state index in [1.807, 2.05) is 13.0 Å². The number of anilines is 1. The lowest BCUT2D eigenvalue weighted by atomic mass is 9.88. The summed E-state index contributed by atoms with van der Waals surface area (Å²) in [5, 5.41) is 21.6. The van der Waals surface area contributed by atoms with Crippen molar-refractivity contribution >= 4 is 50.5 Å². The van der Waals surface area contributed by atoms with E-state index in [0.29, 0.717) is 41.7 Å². The molecule has 0 radical (unpaired) electrons. The van der Waals surface area contributed by atoms with Crippen LogP contribution in [0.3, 0.4) is 0 Å². The Morgan fingerprint density at radius 1 is 1.25 bits per heavy atom. The SMILES string of the molecule is Cc1cc(CCC2CC(N3Cc4cccc(F)c4NC3=O)CC[N+]2(C(=O)O)c2cccc(Br)n2)cc2cn[nH]c12. The van der Waals surface area contributed by atoms with Gasteiger partial charge in [-0.15, -0.1) is 0 Å². The number of pyridine rings is 1. The second-order valence-corrected chi connectivity index (χ2v) is 11.5. The van der Waals surface area contributed by atoms with Gasteiger partial charge < -0.3 is 15.3 Å². The minimum Gasteiger partial charge on any atom is -0.435 e. The topological polar surface area (TPSA) is 111 Å². The number of amides is 3. The summed E-state index contributed by atoms with van der Waals surface area (Å²) in [5.41, 5.74) is 4.09. The highest BCUT2D eigenvalue weighted by Gasteiger charge is 2.53. The number of hydrogen-bond donors (Lipinski definition) is 3. The van der Waals surface area contributed by atoms with Crippen LogP contribution >= 0.6 is 15.9 Å². The third kappa shape index (κ3) is 4.52. The Bertz CT molecular complexity index is 1630. The van der Waals surface area contributed by atoms with Crippen LogP contribution in [0.1, 0.15) is 36.0 Å². The van der Waals surface area contributed by atoms with Gasteiger partial charge in [0.2, 0.25) is 5.82 Å². The molecular weight excluding hydrogens is 579 g/mol. The van der Waals surface area contributed by atoms with Crippen molar-refractivity contribution < 1.29 is 19.1 Å². The molecule has 11 heteroatoms. The number of carboxylic acid groups (broad SMARTS) is 1. The number of aromatic nitrogens is 3. The van der Waals surface area contributed by atoms with Gasteiger partial charge in [0.25, 0.3) is 0 Å². The molecule has 40 heavy (non-hydrogen) atoms. The molecule has 0 bridgehead atoms. The number of nitrogens with one attached hydrogen (secondary N) is 2. The minimum atomic E-state index is -0.967. The molecule has 0 aliphatic carbocycles. The van der Waals surface area contributed by atoms with Crippen LogP contribution in [0.25, 0.3) is 10.9 Å². The number of aryl methyl sites for hydroxylation is 2. The van der Waals surface area contributed by atoms with E-state index in [1.165, 1.54) is 6.07 Å². The molecule has 0 saturated carbocycles. The van der Waals surface area contributed by atoms with Gasteiger partial charge in [-0.3, -0.25) is 5.10 Å². The molecule has 2 aromatic heterocycles. The normalized spacial score (nSPS) is 22.7. The smallest absolute Gasteiger partial charge is 0.435 e. The standard InChI is InChI=1S/C29H28BrFN6O3/c1-17-12-18(13-20-15-32-35-26(17)20)8-9-22-14-21(36-16-19-4-2-5-23(31)27(19)34-28(36)38)10-11-37(22,29(39)40)25-7-3-6-24(30)33-25/h2-7,12-13,15,21-22H,8-11,14,16H2,1H3,(H2-,32,34,35,38,39,40)/p+1. The number of urea groups is 1. The number of carbonyl (C=O) groups is 2. The van der Waals surface area contributed by atoms with Crippen molar-refractivity contribution in [1.29, 1.82) is 0 Å². The zero-order valence-electron chi connectivity index (χ0n) is 21.9. The molecule has 2 aliphatic rings. The molecule has 1 fully saturated rings. The Morgan fingerprint density at radius 3 is 2.88 bits per heavy atom. The molecule has 1 saturated heterocycles. The Labute approximate surface area is 238 Å². The predicted molar refractivity (Wildman–Crippen MR) is 154 cm³/mol. The molecule has 206 valence electrons. The molecule has 4 heterocycles. The lowest BCUT2D eigenvalue weighted by molar-refractivity contribution is 0.0687. The van der Waals surface area contributed by atoms with Crippen molar-refractivity contribution in [2.45, 2.75) is 51.2 Å². The van der Waals surface area contributed by atoms with Crippen molar-refractivity contribution in [3.8, 4) is 0 Å². The Morgan fingerprint density at radius 2 is 2.08 bits per heavy atom. The number of carbonyl (C=O) groups excluding carboxylic acids is 1. The molecule has 6 rings (SSSR count). The molecule has 3 N–H and O–H groups in total. The number of halogens is 2. The quantitative estimate of drug-likeness (QED) is 0.180. The summed E-state index contributed by atoms with van der Waals surface area (Å²) in [7, 11) is 0. The minimum absolute atomic E-state index is 0.211. The van der Waals surface area contributed by atoms with Crippen LogP contribution in [0.5, 0.6) is 0 Å². The van der Waals surface area contributed by atoms with Crippen molar-refractivity contribution in [3.05, 3.63) is 81.8 Å². The first-order valence-electron chi connectivity index (χ1n) is 13.3. The summed E-state index contributed by atoms with van der Waals surface area (Å²) in [6.45, 7) is 2.57. The maximum Gasteiger partial charge on any atom is 0.520 e. The van der Waals surface area contributed by atoms with E-state index >= 15 is 0 Å². The zero-order chi connectivity index (χ0) is 28.0. The number of nitrogens with zero attached hydrogens (tertiary/aromatic N) is 4. The summed E-state index contributed by atoms with van der Waals surface area (Å²) in [5.74, 6) is 0.00139. The Hall–Kier alpha value is -3.83. The Balaban J connectivity index is 1.34. The molecule has 3 unspecified atom stereocenters. The second kappa shape index (κ2) is 10.3. The van der Waals surface area contributed by atoms with Gasteiger partial charge in [-0.25, -0.2) is 9.18 Å². The molecule has 4 aromatic rings. The number of benzene rings is 2. The highest BCUT2D eigenvalue weighted by molar-refractivity contribution is 9.10. The van der Waals surface area contributed by atoms with E-state index < -0.39 is 11.9 Å². The van der Waals surface area contributed by atoms with Gasteiger partial charge in [0.15, 0.2) is 0 Å². The molecule has 0 spiro atoms. The van der Waals surface area contributed by atoms with Crippen LogP contribution in [0.15, 0.2) is 59.3 Å². The second-order valence-electron chi connectivity index (χ2n) is 10.6. The third-order valence-electron chi connectivity index (χ3n) is 8.38. The predicted octanol–water partition coefficient (Wildman–Crippen LogP) is 6.36. The van der Waals surface area contributed by atoms with Gasteiger partial charge in [-0.05, 0) is 64.2 Å². The summed E-state index contributed by atoms with van der Waals surface area (Å²) in [6.07, 6.45) is 2.98. The highest BCUT2D eigenvalue weighted by Crippen LogP contribution is 2.39. The van der Waals surface area contributed by atoms with E-state index in [1.54, 1.807) is 35.4 Å². The van der Waals surface area contributed by atoms with Crippen LogP contribution in [-0.4, -0.2) is 55.9 Å². The summed E-state index contributed by atoms with van der Waals surface area (Å²) in [4.78, 5) is 32.6. The van der Waals surface area contributed by atoms with E-state index in [-0.39, 0.29) is 41.4 Å². The van der Waals surface area contributed by atoms with Crippen molar-refractivity contribution in [2.75, 3.05) is 11.9 Å². The summed E-state index contributed by atoms with van der Waals surface area (Å²) >= 11 is 3.41. The van der Waals surface area contributed by atoms with Gasteiger partial charge in [-0.2, -0.15) is 19.4 Å². The van der Waals surface area contributed by atoms with Crippen LogP contribution in [-0.2, 0) is 13.0 Å². The maximum atomic E-state index is 14.3. The molecule has 3 atom stereocenters. The van der Waals surface area contributed by atoms with Crippen LogP contribution in [0, 0.1) is 12.7 Å². The first-order chi connectivity index (χ1) is 19.3. The highest BCUT2D eigenvalue weighted by atomic mass is 79.9. The molecule has 3 amide bonds. The molecular formula is C29H29BrFN6O3+. The fourth-order valence-electron chi connectivity index (χ4n) is 6.40. The van der Waals surface area contributed by atoms with Crippen LogP contribution in [0.4, 0.5) is 25.5 Å². The maximum absolute atomic E-state index is 14.3. The van der Waals surface area contributed by atoms with E-state index in [9.17, 15) is 19.1 Å². The number of quaternary nitrogens is 1. The average molecular weight is 608 g/mol. The first-order valence-corrected chi connectivity index (χ1v) is 14.1. The number of piperidine rings is 1. The van der Waals surface area contributed by atoms with Crippen molar-refractivity contribution in [3.63, 3.8) is 0 Å². The number of aromatic amines is 1. The molecule has 2 aliphatic heterocycles. The van der Waals surface area contributed by atoms with Crippen molar-refractivity contribution in [2.24, 2.45) is 0 Å². The van der Waals surface area contributed by atoms with Gasteiger partial charge in [0.05, 0.1) is 23.9 Å². The number of para-hydroxylation sites is 1. The van der Waals surface area contributed by atoms with E-state index in [4.69, 9.17) is 0 Å². The summed E-state index contributed by atoms with van der Waals surface area (Å²) < 4.78 is 14.6. The zero-order valence-corrected chi connectivity index (χ0v) is 23.5. The lowest BCUT2D eigenvalue weighted by Gasteiger charge is -2.47. The Kier molecular flexibility index (Phi) is 6.79. The fraction of sp³-hybridized carbons (Fsp3) is 0.310. The van der Waals surface area contributed by atoms with E-state index in [0.717, 1.165) is 22.0 Å². The van der Waals surface area contributed by atoms with Crippen LogP contribution in [0.2, 0.25) is 0 Å². The number of hydrogen-bond acceptors (Lipinski definition) is 4. The lowest BCUT2D eigenvalue weighted by Crippen LogP contribution is -2.67. The van der Waals surface area contributed by atoms with Gasteiger partial charge in [0, 0.05) is 43.3 Å². The average Bonchev–Trinajstić information content (AvgIpc) is 3.41. The van der Waals surface area contributed by atoms with Crippen LogP contribution < -0.4 is 9.80 Å². The molecule has 2 aromatic carbocycles. The van der Waals surface area contributed by atoms with Gasteiger partial charge in [0.1, 0.15) is 16.5 Å².